The van der Waals surface area contributed by atoms with Crippen molar-refractivity contribution < 1.29 is 14.3 Å². The lowest BCUT2D eigenvalue weighted by Gasteiger charge is -2.07. The molecule has 96 valence electrons. The average Bonchev–Trinajstić information content (AvgIpc) is 2.38. The molecule has 0 heterocycles. The van der Waals surface area contributed by atoms with Gasteiger partial charge >= 0.3 is 5.97 Å². The van der Waals surface area contributed by atoms with Crippen LogP contribution in [0.5, 0.6) is 5.75 Å². The molecule has 2 aromatic rings. The van der Waals surface area contributed by atoms with E-state index in [1.807, 2.05) is 19.1 Å². The fourth-order valence-electron chi connectivity index (χ4n) is 1.81. The molecule has 0 fully saturated rings. The lowest BCUT2D eigenvalue weighted by atomic mass is 10.0. The van der Waals surface area contributed by atoms with Crippen LogP contribution in [-0.4, -0.2) is 11.8 Å². The van der Waals surface area contributed by atoms with Crippen LogP contribution in [-0.2, 0) is 0 Å². The number of ketones is 1. The Kier molecular flexibility index (Phi) is 3.76. The first-order chi connectivity index (χ1) is 9.08. The molecule has 0 atom stereocenters. The highest BCUT2D eigenvalue weighted by Gasteiger charge is 2.15. The maximum absolute atomic E-state index is 12.1. The largest absolute Gasteiger partial charge is 0.423 e. The van der Waals surface area contributed by atoms with E-state index in [-0.39, 0.29) is 11.3 Å². The second-order valence-corrected chi connectivity index (χ2v) is 4.31. The van der Waals surface area contributed by atoms with Crippen LogP contribution in [0.2, 0.25) is 0 Å². The normalized spacial score (nSPS) is 10.0. The number of Topliss-reactive ketones (excluding diaryl/α,β-unsaturated/α-hetero) is 1. The van der Waals surface area contributed by atoms with Gasteiger partial charge in [0.2, 0.25) is 0 Å². The van der Waals surface area contributed by atoms with Crippen molar-refractivity contribution in [1.29, 1.82) is 0 Å². The third-order valence-electron chi connectivity index (χ3n) is 2.73. The van der Waals surface area contributed by atoms with Crippen molar-refractivity contribution >= 4 is 11.8 Å². The summed E-state index contributed by atoms with van der Waals surface area (Å²) in [5.41, 5.74) is 1.67. The van der Waals surface area contributed by atoms with E-state index >= 15 is 0 Å². The van der Waals surface area contributed by atoms with E-state index in [0.29, 0.717) is 11.3 Å². The summed E-state index contributed by atoms with van der Waals surface area (Å²) in [5.74, 6) is -0.198. The third-order valence-corrected chi connectivity index (χ3v) is 2.73. The molecule has 0 saturated carbocycles. The highest BCUT2D eigenvalue weighted by atomic mass is 16.5. The summed E-state index contributed by atoms with van der Waals surface area (Å²) in [4.78, 5) is 23.5. The number of ether oxygens (including phenoxy) is 1. The SMILES string of the molecule is CC(=O)c1ccccc1C(=O)Oc1cccc(C)c1. The van der Waals surface area contributed by atoms with E-state index in [4.69, 9.17) is 4.74 Å². The Hall–Kier alpha value is -2.42. The smallest absolute Gasteiger partial charge is 0.344 e. The molecule has 0 aliphatic heterocycles. The Morgan fingerprint density at radius 2 is 1.63 bits per heavy atom. The molecule has 19 heavy (non-hydrogen) atoms. The lowest BCUT2D eigenvalue weighted by molar-refractivity contribution is 0.0730. The first kappa shape index (κ1) is 13.0. The first-order valence-electron chi connectivity index (χ1n) is 5.97. The molecule has 0 aliphatic carbocycles. The number of benzene rings is 2. The van der Waals surface area contributed by atoms with Gasteiger partial charge in [-0.05, 0) is 37.6 Å². The molecule has 0 unspecified atom stereocenters. The number of hydrogen-bond donors (Lipinski definition) is 0. The van der Waals surface area contributed by atoms with E-state index in [2.05, 4.69) is 0 Å². The molecular weight excluding hydrogens is 240 g/mol. The fraction of sp³-hybridized carbons (Fsp3) is 0.125. The van der Waals surface area contributed by atoms with Gasteiger partial charge in [-0.2, -0.15) is 0 Å². The number of hydrogen-bond acceptors (Lipinski definition) is 3. The average molecular weight is 254 g/mol. The van der Waals surface area contributed by atoms with Gasteiger partial charge in [0.05, 0.1) is 5.56 Å². The zero-order valence-electron chi connectivity index (χ0n) is 10.8. The van der Waals surface area contributed by atoms with E-state index in [1.165, 1.54) is 6.92 Å². The Bertz CT molecular complexity index is 629. The van der Waals surface area contributed by atoms with E-state index in [1.54, 1.807) is 36.4 Å². The van der Waals surface area contributed by atoms with Crippen LogP contribution < -0.4 is 4.74 Å². The van der Waals surface area contributed by atoms with Gasteiger partial charge < -0.3 is 4.74 Å². The van der Waals surface area contributed by atoms with Crippen molar-refractivity contribution in [1.82, 2.24) is 0 Å². The maximum atomic E-state index is 12.1. The van der Waals surface area contributed by atoms with Crippen molar-refractivity contribution in [3.05, 3.63) is 65.2 Å². The Labute approximate surface area is 111 Å². The molecule has 0 bridgehead atoms. The summed E-state index contributed by atoms with van der Waals surface area (Å²) < 4.78 is 5.28. The number of carbonyl (C=O) groups excluding carboxylic acids is 2. The summed E-state index contributed by atoms with van der Waals surface area (Å²) in [7, 11) is 0. The highest BCUT2D eigenvalue weighted by Crippen LogP contribution is 2.16. The summed E-state index contributed by atoms with van der Waals surface area (Å²) in [5, 5.41) is 0. The molecule has 3 nitrogen and oxygen atoms in total. The number of esters is 1. The standard InChI is InChI=1S/C16H14O3/c1-11-6-5-7-13(10-11)19-16(18)15-9-4-3-8-14(15)12(2)17/h3-10H,1-2H3. The van der Waals surface area contributed by atoms with Gasteiger partial charge in [-0.3, -0.25) is 4.79 Å². The van der Waals surface area contributed by atoms with Crippen molar-refractivity contribution in [2.75, 3.05) is 0 Å². The van der Waals surface area contributed by atoms with Crippen LogP contribution in [0.15, 0.2) is 48.5 Å². The minimum absolute atomic E-state index is 0.156. The van der Waals surface area contributed by atoms with Crippen LogP contribution in [0, 0.1) is 6.92 Å². The minimum atomic E-state index is -0.517. The predicted octanol–water partition coefficient (Wildman–Crippen LogP) is 3.42. The molecule has 0 aromatic heterocycles. The molecule has 3 heteroatoms. The van der Waals surface area contributed by atoms with Crippen LogP contribution in [0.25, 0.3) is 0 Å². The van der Waals surface area contributed by atoms with E-state index < -0.39 is 5.97 Å². The number of aryl methyl sites for hydroxylation is 1. The molecule has 0 amide bonds. The maximum Gasteiger partial charge on any atom is 0.344 e. The summed E-state index contributed by atoms with van der Waals surface area (Å²) in [6.07, 6.45) is 0. The van der Waals surface area contributed by atoms with Gasteiger partial charge in [0, 0.05) is 5.56 Å². The molecule has 2 aromatic carbocycles. The van der Waals surface area contributed by atoms with Gasteiger partial charge in [0.1, 0.15) is 5.75 Å². The first-order valence-corrected chi connectivity index (χ1v) is 5.97. The van der Waals surface area contributed by atoms with Crippen LogP contribution >= 0.6 is 0 Å². The fourth-order valence-corrected chi connectivity index (χ4v) is 1.81. The third kappa shape index (κ3) is 3.07. The predicted molar refractivity (Wildman–Crippen MR) is 72.6 cm³/mol. The number of carbonyl (C=O) groups is 2. The second-order valence-electron chi connectivity index (χ2n) is 4.31. The van der Waals surface area contributed by atoms with Gasteiger partial charge in [-0.1, -0.05) is 30.3 Å². The van der Waals surface area contributed by atoms with Crippen molar-refractivity contribution in [2.24, 2.45) is 0 Å². The molecule has 0 spiro atoms. The summed E-state index contributed by atoms with van der Waals surface area (Å²) in [6.45, 7) is 3.35. The molecule has 0 saturated heterocycles. The minimum Gasteiger partial charge on any atom is -0.423 e. The Balaban J connectivity index is 2.28. The van der Waals surface area contributed by atoms with Crippen LogP contribution in [0.1, 0.15) is 33.2 Å². The van der Waals surface area contributed by atoms with E-state index in [9.17, 15) is 9.59 Å². The van der Waals surface area contributed by atoms with Crippen molar-refractivity contribution in [3.63, 3.8) is 0 Å². The topological polar surface area (TPSA) is 43.4 Å². The zero-order chi connectivity index (χ0) is 13.8. The number of rotatable bonds is 3. The monoisotopic (exact) mass is 254 g/mol. The van der Waals surface area contributed by atoms with E-state index in [0.717, 1.165) is 5.56 Å². The zero-order valence-corrected chi connectivity index (χ0v) is 10.8. The summed E-state index contributed by atoms with van der Waals surface area (Å²) >= 11 is 0. The highest BCUT2D eigenvalue weighted by molar-refractivity contribution is 6.05. The quantitative estimate of drug-likeness (QED) is 0.479. The van der Waals surface area contributed by atoms with Gasteiger partial charge in [0.25, 0.3) is 0 Å². The van der Waals surface area contributed by atoms with Gasteiger partial charge in [0.15, 0.2) is 5.78 Å². The van der Waals surface area contributed by atoms with Crippen molar-refractivity contribution in [3.8, 4) is 5.75 Å². The summed E-state index contributed by atoms with van der Waals surface area (Å²) in [6, 6.07) is 13.9. The van der Waals surface area contributed by atoms with Gasteiger partial charge in [-0.15, -0.1) is 0 Å². The van der Waals surface area contributed by atoms with Crippen molar-refractivity contribution in [2.45, 2.75) is 13.8 Å². The molecular formula is C16H14O3. The molecule has 2 rings (SSSR count). The molecule has 0 N–H and O–H groups in total. The molecule has 0 aliphatic rings. The Morgan fingerprint density at radius 3 is 2.26 bits per heavy atom. The lowest BCUT2D eigenvalue weighted by Crippen LogP contribution is -2.13. The van der Waals surface area contributed by atoms with Gasteiger partial charge in [-0.25, -0.2) is 4.79 Å². The Morgan fingerprint density at radius 1 is 0.947 bits per heavy atom. The second kappa shape index (κ2) is 5.48. The van der Waals surface area contributed by atoms with Crippen LogP contribution in [0.4, 0.5) is 0 Å². The molecule has 0 radical (unpaired) electrons. The van der Waals surface area contributed by atoms with Crippen LogP contribution in [0.3, 0.4) is 0 Å².